The number of nitrogens with zero attached hydrogens (tertiary/aromatic N) is 1. The fourth-order valence-corrected chi connectivity index (χ4v) is 3.79. The van der Waals surface area contributed by atoms with Crippen LogP contribution in [0.2, 0.25) is 0 Å². The first kappa shape index (κ1) is 14.6. The maximum absolute atomic E-state index is 6.26. The number of nitrogens with one attached hydrogen (secondary N) is 1. The number of hydrogen-bond donors (Lipinski definition) is 1. The molecule has 0 radical (unpaired) electrons. The van der Waals surface area contributed by atoms with E-state index >= 15 is 0 Å². The molecule has 114 valence electrons. The van der Waals surface area contributed by atoms with Gasteiger partial charge in [-0.25, -0.2) is 0 Å². The van der Waals surface area contributed by atoms with Gasteiger partial charge in [-0.2, -0.15) is 0 Å². The quantitative estimate of drug-likeness (QED) is 0.852. The van der Waals surface area contributed by atoms with E-state index in [0.29, 0.717) is 0 Å². The lowest BCUT2D eigenvalue weighted by molar-refractivity contribution is -0.0705. The minimum absolute atomic E-state index is 0.153. The number of rotatable bonds is 5. The minimum Gasteiger partial charge on any atom is -0.367 e. The minimum atomic E-state index is -0.153. The van der Waals surface area contributed by atoms with E-state index < -0.39 is 0 Å². The summed E-state index contributed by atoms with van der Waals surface area (Å²) in [5, 5.41) is 4.64. The molecule has 1 aromatic carbocycles. The molecule has 0 bridgehead atoms. The number of aromatic nitrogens is 1. The van der Waals surface area contributed by atoms with Gasteiger partial charge in [-0.05, 0) is 51.4 Å². The van der Waals surface area contributed by atoms with Crippen LogP contribution in [0.15, 0.2) is 24.3 Å². The highest BCUT2D eigenvalue weighted by atomic mass is 16.5. The van der Waals surface area contributed by atoms with Crippen LogP contribution < -0.4 is 5.32 Å². The number of hydrogen-bond acceptors (Lipinski definition) is 2. The fourth-order valence-electron chi connectivity index (χ4n) is 3.79. The Labute approximate surface area is 127 Å². The van der Waals surface area contributed by atoms with Crippen molar-refractivity contribution in [1.82, 2.24) is 9.88 Å². The fraction of sp³-hybridized carbons (Fsp3) is 0.556. The van der Waals surface area contributed by atoms with E-state index in [2.05, 4.69) is 48.0 Å². The lowest BCUT2D eigenvalue weighted by atomic mass is 9.90. The summed E-state index contributed by atoms with van der Waals surface area (Å²) in [6, 6.07) is 8.79. The molecule has 1 atom stereocenters. The molecule has 0 spiro atoms. The molecule has 1 aromatic heterocycles. The summed E-state index contributed by atoms with van der Waals surface area (Å²) in [7, 11) is 2.01. The van der Waals surface area contributed by atoms with E-state index in [9.17, 15) is 0 Å². The smallest absolute Gasteiger partial charge is 0.106 e. The van der Waals surface area contributed by atoms with E-state index in [1.165, 1.54) is 22.2 Å². The first-order valence-corrected chi connectivity index (χ1v) is 8.10. The van der Waals surface area contributed by atoms with Gasteiger partial charge in [-0.1, -0.05) is 25.1 Å². The summed E-state index contributed by atoms with van der Waals surface area (Å²) >= 11 is 0. The summed E-state index contributed by atoms with van der Waals surface area (Å²) in [5.74, 6) is 0. The number of ether oxygens (including phenoxy) is 1. The molecule has 1 N–H and O–H groups in total. The Morgan fingerprint density at radius 2 is 2.14 bits per heavy atom. The van der Waals surface area contributed by atoms with E-state index in [-0.39, 0.29) is 5.60 Å². The molecule has 0 amide bonds. The highest BCUT2D eigenvalue weighted by Crippen LogP contribution is 2.41. The molecule has 3 heteroatoms. The molecule has 0 saturated heterocycles. The van der Waals surface area contributed by atoms with E-state index in [0.717, 1.165) is 39.0 Å². The van der Waals surface area contributed by atoms with Crippen LogP contribution in [0.5, 0.6) is 0 Å². The first-order valence-electron chi connectivity index (χ1n) is 8.10. The second-order valence-electron chi connectivity index (χ2n) is 6.14. The van der Waals surface area contributed by atoms with Gasteiger partial charge in [0.05, 0.1) is 12.3 Å². The molecule has 21 heavy (non-hydrogen) atoms. The summed E-state index contributed by atoms with van der Waals surface area (Å²) in [5.41, 5.74) is 4.10. The highest BCUT2D eigenvalue weighted by molar-refractivity contribution is 5.86. The van der Waals surface area contributed by atoms with Crippen LogP contribution in [0, 0.1) is 0 Å². The largest absolute Gasteiger partial charge is 0.367 e. The summed E-state index contributed by atoms with van der Waals surface area (Å²) in [6.45, 7) is 7.35. The molecule has 0 saturated carbocycles. The van der Waals surface area contributed by atoms with Gasteiger partial charge in [0.1, 0.15) is 5.60 Å². The topological polar surface area (TPSA) is 26.2 Å². The molecule has 1 aliphatic heterocycles. The lowest BCUT2D eigenvalue weighted by Gasteiger charge is -2.37. The van der Waals surface area contributed by atoms with Gasteiger partial charge in [0.2, 0.25) is 0 Å². The van der Waals surface area contributed by atoms with Crippen LogP contribution >= 0.6 is 0 Å². The maximum atomic E-state index is 6.26. The summed E-state index contributed by atoms with van der Waals surface area (Å²) < 4.78 is 8.76. The Bertz CT molecular complexity index is 598. The van der Waals surface area contributed by atoms with Crippen molar-refractivity contribution in [3.63, 3.8) is 0 Å². The second kappa shape index (κ2) is 5.82. The highest BCUT2D eigenvalue weighted by Gasteiger charge is 2.36. The van der Waals surface area contributed by atoms with Crippen LogP contribution in [0.4, 0.5) is 0 Å². The average Bonchev–Trinajstić information content (AvgIpc) is 2.83. The van der Waals surface area contributed by atoms with Gasteiger partial charge in [-0.3, -0.25) is 0 Å². The zero-order valence-corrected chi connectivity index (χ0v) is 13.4. The number of aryl methyl sites for hydroxylation is 1. The Morgan fingerprint density at radius 1 is 1.33 bits per heavy atom. The van der Waals surface area contributed by atoms with Gasteiger partial charge < -0.3 is 14.6 Å². The number of benzene rings is 1. The van der Waals surface area contributed by atoms with Crippen LogP contribution in [0.3, 0.4) is 0 Å². The summed E-state index contributed by atoms with van der Waals surface area (Å²) in [4.78, 5) is 0. The van der Waals surface area contributed by atoms with Crippen LogP contribution in [0.25, 0.3) is 10.9 Å². The third kappa shape index (κ3) is 2.39. The van der Waals surface area contributed by atoms with Crippen LogP contribution in [-0.4, -0.2) is 24.8 Å². The second-order valence-corrected chi connectivity index (χ2v) is 6.14. The van der Waals surface area contributed by atoms with Crippen molar-refractivity contribution >= 4 is 10.9 Å². The van der Waals surface area contributed by atoms with Crippen LogP contribution in [0.1, 0.15) is 37.9 Å². The molecule has 0 fully saturated rings. The zero-order valence-electron chi connectivity index (χ0n) is 13.4. The SMILES string of the molecule is CCc1c2n(c3ccccc13)CCOC2(C)CCCNC. The van der Waals surface area contributed by atoms with Crippen molar-refractivity contribution in [2.24, 2.45) is 0 Å². The molecule has 3 nitrogen and oxygen atoms in total. The van der Waals surface area contributed by atoms with Gasteiger partial charge in [0, 0.05) is 17.4 Å². The Balaban J connectivity index is 2.11. The van der Waals surface area contributed by atoms with Gasteiger partial charge in [-0.15, -0.1) is 0 Å². The predicted molar refractivity (Wildman–Crippen MR) is 87.8 cm³/mol. The van der Waals surface area contributed by atoms with E-state index in [4.69, 9.17) is 4.74 Å². The number of para-hydroxylation sites is 1. The molecular weight excluding hydrogens is 260 g/mol. The molecular formula is C18H26N2O. The van der Waals surface area contributed by atoms with Crippen molar-refractivity contribution in [3.05, 3.63) is 35.5 Å². The molecule has 2 heterocycles. The zero-order chi connectivity index (χ0) is 14.9. The first-order chi connectivity index (χ1) is 10.2. The maximum Gasteiger partial charge on any atom is 0.106 e. The van der Waals surface area contributed by atoms with Gasteiger partial charge >= 0.3 is 0 Å². The lowest BCUT2D eigenvalue weighted by Crippen LogP contribution is -2.36. The van der Waals surface area contributed by atoms with Crippen LogP contribution in [-0.2, 0) is 23.3 Å². The Hall–Kier alpha value is -1.32. The van der Waals surface area contributed by atoms with E-state index in [1.54, 1.807) is 0 Å². The number of fused-ring (bicyclic) bond motifs is 3. The third-order valence-corrected chi connectivity index (χ3v) is 4.75. The monoisotopic (exact) mass is 286 g/mol. The molecule has 3 rings (SSSR count). The average molecular weight is 286 g/mol. The van der Waals surface area contributed by atoms with Crippen molar-refractivity contribution in [1.29, 1.82) is 0 Å². The molecule has 1 unspecified atom stereocenters. The third-order valence-electron chi connectivity index (χ3n) is 4.75. The predicted octanol–water partition coefficient (Wildman–Crippen LogP) is 3.45. The normalized spacial score (nSPS) is 21.7. The molecule has 1 aliphatic rings. The van der Waals surface area contributed by atoms with Crippen molar-refractivity contribution < 1.29 is 4.74 Å². The molecule has 2 aromatic rings. The molecule has 0 aliphatic carbocycles. The van der Waals surface area contributed by atoms with Gasteiger partial charge in [0.15, 0.2) is 0 Å². The van der Waals surface area contributed by atoms with E-state index in [1.807, 2.05) is 7.05 Å². The van der Waals surface area contributed by atoms with Crippen molar-refractivity contribution in [2.75, 3.05) is 20.2 Å². The Morgan fingerprint density at radius 3 is 2.90 bits per heavy atom. The van der Waals surface area contributed by atoms with Crippen molar-refractivity contribution in [2.45, 2.75) is 45.3 Å². The standard InChI is InChI=1S/C18H26N2O/c1-4-14-15-8-5-6-9-16(15)20-12-13-21-18(2,17(14)20)10-7-11-19-3/h5-6,8-9,19H,4,7,10-13H2,1-3H3. The van der Waals surface area contributed by atoms with Crippen molar-refractivity contribution in [3.8, 4) is 0 Å². The Kier molecular flexibility index (Phi) is 4.05. The summed E-state index contributed by atoms with van der Waals surface area (Å²) in [6.07, 6.45) is 3.27. The van der Waals surface area contributed by atoms with Gasteiger partial charge in [0.25, 0.3) is 0 Å².